The Balaban J connectivity index is 2.66. The molecule has 0 aliphatic rings. The van der Waals surface area contributed by atoms with Gasteiger partial charge in [0.15, 0.2) is 0 Å². The molecular formula is C16H22N2O5S. The number of aliphatic carboxylic acids is 1. The highest BCUT2D eigenvalue weighted by atomic mass is 32.2. The number of ether oxygens (including phenoxy) is 1. The summed E-state index contributed by atoms with van der Waals surface area (Å²) >= 11 is 1.08. The highest BCUT2D eigenvalue weighted by Crippen LogP contribution is 2.12. The van der Waals surface area contributed by atoms with Gasteiger partial charge >= 0.3 is 12.1 Å². The summed E-state index contributed by atoms with van der Waals surface area (Å²) in [5.74, 6) is -1.21. The van der Waals surface area contributed by atoms with E-state index in [1.54, 1.807) is 14.1 Å². The summed E-state index contributed by atoms with van der Waals surface area (Å²) in [5, 5.41) is 8.71. The molecule has 1 unspecified atom stereocenters. The molecule has 1 atom stereocenters. The maximum Gasteiger partial charge on any atom is 0.410 e. The molecule has 0 fully saturated rings. The minimum absolute atomic E-state index is 0.106. The number of amides is 2. The summed E-state index contributed by atoms with van der Waals surface area (Å²) in [7, 11) is 4.64. The average Bonchev–Trinajstić information content (AvgIpc) is 2.56. The number of hydrogen-bond acceptors (Lipinski definition) is 5. The van der Waals surface area contributed by atoms with Gasteiger partial charge in [-0.25, -0.2) is 4.79 Å². The van der Waals surface area contributed by atoms with Gasteiger partial charge in [0, 0.05) is 26.9 Å². The summed E-state index contributed by atoms with van der Waals surface area (Å²) in [6.07, 6.45) is -0.630. The first-order valence-corrected chi connectivity index (χ1v) is 8.42. The zero-order valence-corrected chi connectivity index (χ0v) is 14.8. The average molecular weight is 354 g/mol. The molecule has 0 aliphatic carbocycles. The Bertz CT molecular complexity index is 565. The lowest BCUT2D eigenvalue weighted by Gasteiger charge is -2.28. The van der Waals surface area contributed by atoms with E-state index >= 15 is 0 Å². The van der Waals surface area contributed by atoms with E-state index in [0.29, 0.717) is 0 Å². The monoisotopic (exact) mass is 354 g/mol. The van der Waals surface area contributed by atoms with Crippen molar-refractivity contribution in [3.8, 4) is 0 Å². The summed E-state index contributed by atoms with van der Waals surface area (Å²) in [5.41, 5.74) is 0.843. The van der Waals surface area contributed by atoms with Gasteiger partial charge in [-0.15, -0.1) is 11.8 Å². The van der Waals surface area contributed by atoms with Gasteiger partial charge in [-0.2, -0.15) is 0 Å². The lowest BCUT2D eigenvalue weighted by atomic mass is 10.2. The summed E-state index contributed by atoms with van der Waals surface area (Å²) < 4.78 is 5.22. The molecule has 0 bridgehead atoms. The Labute approximate surface area is 145 Å². The molecule has 2 amide bonds. The molecule has 0 aromatic heterocycles. The van der Waals surface area contributed by atoms with Crippen molar-refractivity contribution >= 4 is 29.7 Å². The molecular weight excluding hydrogens is 332 g/mol. The maximum absolute atomic E-state index is 12.3. The zero-order valence-electron chi connectivity index (χ0n) is 14.0. The number of carbonyl (C=O) groups excluding carboxylic acids is 2. The van der Waals surface area contributed by atoms with Crippen LogP contribution in [-0.2, 0) is 20.9 Å². The van der Waals surface area contributed by atoms with E-state index in [9.17, 15) is 14.4 Å². The second-order valence-electron chi connectivity index (χ2n) is 5.31. The third kappa shape index (κ3) is 6.49. The second-order valence-corrected chi connectivity index (χ2v) is 6.34. The lowest BCUT2D eigenvalue weighted by Crippen LogP contribution is -2.49. The van der Waals surface area contributed by atoms with E-state index < -0.39 is 18.1 Å². The fourth-order valence-corrected chi connectivity index (χ4v) is 2.73. The van der Waals surface area contributed by atoms with Crippen molar-refractivity contribution in [3.05, 3.63) is 35.9 Å². The Morgan fingerprint density at radius 3 is 2.33 bits per heavy atom. The Hall–Kier alpha value is -2.22. The largest absolute Gasteiger partial charge is 0.481 e. The fourth-order valence-electron chi connectivity index (χ4n) is 1.85. The molecule has 132 valence electrons. The predicted molar refractivity (Wildman–Crippen MR) is 91.8 cm³/mol. The van der Waals surface area contributed by atoms with Crippen LogP contribution in [0.1, 0.15) is 5.56 Å². The van der Waals surface area contributed by atoms with Gasteiger partial charge in [-0.05, 0) is 5.56 Å². The van der Waals surface area contributed by atoms with Crippen molar-refractivity contribution in [1.29, 1.82) is 0 Å². The molecule has 1 aromatic carbocycles. The second kappa shape index (κ2) is 9.82. The number of likely N-dealkylation sites (N-methyl/N-ethyl adjacent to an activating group) is 2. The van der Waals surface area contributed by atoms with Crippen LogP contribution in [-0.4, -0.2) is 71.6 Å². The van der Waals surface area contributed by atoms with Crippen LogP contribution >= 0.6 is 11.8 Å². The molecule has 0 spiro atoms. The van der Waals surface area contributed by atoms with Crippen molar-refractivity contribution in [2.24, 2.45) is 0 Å². The van der Waals surface area contributed by atoms with Crippen LogP contribution in [0.2, 0.25) is 0 Å². The first kappa shape index (κ1) is 19.8. The molecule has 0 heterocycles. The summed E-state index contributed by atoms with van der Waals surface area (Å²) in [4.78, 5) is 37.6. The molecule has 0 radical (unpaired) electrons. The third-order valence-electron chi connectivity index (χ3n) is 3.19. The SMILES string of the molecule is CN(C)C(=O)C(CSCC(=O)O)N(C)C(=O)OCc1ccccc1. The Morgan fingerprint density at radius 2 is 1.79 bits per heavy atom. The number of nitrogens with zero attached hydrogens (tertiary/aromatic N) is 2. The van der Waals surface area contributed by atoms with Crippen LogP contribution in [0.4, 0.5) is 4.79 Å². The van der Waals surface area contributed by atoms with Gasteiger partial charge in [0.25, 0.3) is 0 Å². The summed E-state index contributed by atoms with van der Waals surface area (Å²) in [6, 6.07) is 8.43. The number of benzene rings is 1. The number of hydrogen-bond donors (Lipinski definition) is 1. The van der Waals surface area contributed by atoms with Gasteiger partial charge in [-0.3, -0.25) is 14.5 Å². The van der Waals surface area contributed by atoms with Crippen molar-refractivity contribution in [3.63, 3.8) is 0 Å². The van der Waals surface area contributed by atoms with Crippen molar-refractivity contribution < 1.29 is 24.2 Å². The quantitative estimate of drug-likeness (QED) is 0.762. The van der Waals surface area contributed by atoms with Crippen molar-refractivity contribution in [2.45, 2.75) is 12.6 Å². The number of carboxylic acid groups (broad SMARTS) is 1. The number of rotatable bonds is 8. The van der Waals surface area contributed by atoms with E-state index in [1.807, 2.05) is 30.3 Å². The van der Waals surface area contributed by atoms with Gasteiger partial charge in [-0.1, -0.05) is 30.3 Å². The number of carbonyl (C=O) groups is 3. The summed E-state index contributed by atoms with van der Waals surface area (Å²) in [6.45, 7) is 0.106. The third-order valence-corrected chi connectivity index (χ3v) is 4.19. The van der Waals surface area contributed by atoms with Crippen LogP contribution in [0.15, 0.2) is 30.3 Å². The van der Waals surface area contributed by atoms with Crippen LogP contribution in [0, 0.1) is 0 Å². The normalized spacial score (nSPS) is 11.5. The predicted octanol–water partition coefficient (Wildman–Crippen LogP) is 1.53. The van der Waals surface area contributed by atoms with E-state index in [1.165, 1.54) is 16.8 Å². The van der Waals surface area contributed by atoms with Gasteiger partial charge in [0.05, 0.1) is 5.75 Å². The molecule has 0 saturated heterocycles. The van der Waals surface area contributed by atoms with Crippen LogP contribution in [0.25, 0.3) is 0 Å². The van der Waals surface area contributed by atoms with E-state index in [-0.39, 0.29) is 24.0 Å². The molecule has 1 N–H and O–H groups in total. The molecule has 8 heteroatoms. The Kier molecular flexibility index (Phi) is 8.11. The Morgan fingerprint density at radius 1 is 1.17 bits per heavy atom. The molecule has 0 aliphatic heterocycles. The van der Waals surface area contributed by atoms with Crippen molar-refractivity contribution in [1.82, 2.24) is 9.80 Å². The number of thioether (sulfide) groups is 1. The molecule has 1 rings (SSSR count). The highest BCUT2D eigenvalue weighted by molar-refractivity contribution is 8.00. The molecule has 7 nitrogen and oxygen atoms in total. The van der Waals surface area contributed by atoms with Gasteiger partial charge in [0.2, 0.25) is 5.91 Å². The van der Waals surface area contributed by atoms with E-state index in [4.69, 9.17) is 9.84 Å². The molecule has 0 saturated carbocycles. The smallest absolute Gasteiger partial charge is 0.410 e. The lowest BCUT2D eigenvalue weighted by molar-refractivity contribution is -0.134. The van der Waals surface area contributed by atoms with E-state index in [2.05, 4.69) is 0 Å². The number of carboxylic acids is 1. The van der Waals surface area contributed by atoms with Gasteiger partial charge in [0.1, 0.15) is 12.6 Å². The van der Waals surface area contributed by atoms with Crippen molar-refractivity contribution in [2.75, 3.05) is 32.6 Å². The van der Waals surface area contributed by atoms with Gasteiger partial charge < -0.3 is 14.7 Å². The van der Waals surface area contributed by atoms with E-state index in [0.717, 1.165) is 17.3 Å². The first-order chi connectivity index (χ1) is 11.3. The molecule has 1 aromatic rings. The minimum Gasteiger partial charge on any atom is -0.481 e. The topological polar surface area (TPSA) is 87.2 Å². The van der Waals surface area contributed by atoms with Crippen LogP contribution in [0.5, 0.6) is 0 Å². The fraction of sp³-hybridized carbons (Fsp3) is 0.438. The molecule has 24 heavy (non-hydrogen) atoms. The van der Waals surface area contributed by atoms with Crippen LogP contribution in [0.3, 0.4) is 0 Å². The zero-order chi connectivity index (χ0) is 18.1. The maximum atomic E-state index is 12.3. The minimum atomic E-state index is -0.967. The van der Waals surface area contributed by atoms with Crippen LogP contribution < -0.4 is 0 Å². The first-order valence-electron chi connectivity index (χ1n) is 7.27. The standard InChI is InChI=1S/C16H22N2O5S/c1-17(2)15(21)13(10-24-11-14(19)20)18(3)16(22)23-9-12-7-5-4-6-8-12/h4-8,13H,9-11H2,1-3H3,(H,19,20). The highest BCUT2D eigenvalue weighted by Gasteiger charge is 2.29.